The summed E-state index contributed by atoms with van der Waals surface area (Å²) in [7, 11) is 0. The van der Waals surface area contributed by atoms with Crippen LogP contribution in [0, 0.1) is 0 Å². The normalized spacial score (nSPS) is 10.0. The Bertz CT molecular complexity index is 633. The molecule has 20 heavy (non-hydrogen) atoms. The molecule has 4 nitrogen and oxygen atoms in total. The van der Waals surface area contributed by atoms with Crippen LogP contribution in [0.1, 0.15) is 5.56 Å². The maximum Gasteiger partial charge on any atom is 0.330 e. The largest absolute Gasteiger partial charge is 0.458 e. The minimum atomic E-state index is -0.462. The van der Waals surface area contributed by atoms with Crippen molar-refractivity contribution in [1.29, 1.82) is 0 Å². The molecule has 0 aromatic heterocycles. The zero-order valence-corrected chi connectivity index (χ0v) is 11.0. The Morgan fingerprint density at radius 1 is 1.10 bits per heavy atom. The van der Waals surface area contributed by atoms with Gasteiger partial charge < -0.3 is 16.2 Å². The molecule has 0 heterocycles. The van der Waals surface area contributed by atoms with Crippen LogP contribution in [-0.2, 0) is 16.1 Å². The summed E-state index contributed by atoms with van der Waals surface area (Å²) in [6.45, 7) is 3.52. The lowest BCUT2D eigenvalue weighted by atomic mass is 9.99. The van der Waals surface area contributed by atoms with Crippen LogP contribution < -0.4 is 11.5 Å². The van der Waals surface area contributed by atoms with E-state index in [1.807, 2.05) is 36.4 Å². The van der Waals surface area contributed by atoms with Crippen molar-refractivity contribution in [2.45, 2.75) is 6.61 Å². The van der Waals surface area contributed by atoms with Crippen LogP contribution in [-0.4, -0.2) is 5.97 Å². The number of carbonyl (C=O) groups excluding carboxylic acids is 1. The number of benzene rings is 2. The highest BCUT2D eigenvalue weighted by atomic mass is 16.5. The van der Waals surface area contributed by atoms with Gasteiger partial charge in [-0.2, -0.15) is 0 Å². The van der Waals surface area contributed by atoms with E-state index in [0.29, 0.717) is 11.4 Å². The van der Waals surface area contributed by atoms with Gasteiger partial charge in [-0.15, -0.1) is 0 Å². The summed E-state index contributed by atoms with van der Waals surface area (Å²) < 4.78 is 5.08. The van der Waals surface area contributed by atoms with Crippen LogP contribution >= 0.6 is 0 Å². The predicted octanol–water partition coefficient (Wildman–Crippen LogP) is 2.75. The highest BCUT2D eigenvalue weighted by Crippen LogP contribution is 2.27. The lowest BCUT2D eigenvalue weighted by Crippen LogP contribution is -2.02. The van der Waals surface area contributed by atoms with Gasteiger partial charge in [0.2, 0.25) is 0 Å². The van der Waals surface area contributed by atoms with Gasteiger partial charge in [0.15, 0.2) is 0 Å². The second-order valence-electron chi connectivity index (χ2n) is 4.35. The molecule has 2 aromatic carbocycles. The molecule has 0 unspecified atom stereocenters. The van der Waals surface area contributed by atoms with Crippen molar-refractivity contribution in [1.82, 2.24) is 0 Å². The van der Waals surface area contributed by atoms with Gasteiger partial charge in [0, 0.05) is 17.5 Å². The molecule has 0 fully saturated rings. The van der Waals surface area contributed by atoms with E-state index in [2.05, 4.69) is 6.58 Å². The molecule has 2 aromatic rings. The molecule has 0 bridgehead atoms. The molecule has 0 aliphatic rings. The van der Waals surface area contributed by atoms with E-state index in [4.69, 9.17) is 16.2 Å². The summed E-state index contributed by atoms with van der Waals surface area (Å²) in [6.07, 6.45) is 1.13. The number of esters is 1. The Kier molecular flexibility index (Phi) is 4.05. The van der Waals surface area contributed by atoms with Crippen LogP contribution in [0.5, 0.6) is 0 Å². The summed E-state index contributed by atoms with van der Waals surface area (Å²) in [6, 6.07) is 13.0. The van der Waals surface area contributed by atoms with Gasteiger partial charge >= 0.3 is 5.97 Å². The van der Waals surface area contributed by atoms with Crippen LogP contribution in [0.15, 0.2) is 55.1 Å². The van der Waals surface area contributed by atoms with E-state index in [-0.39, 0.29) is 6.61 Å². The number of hydrogen-bond donors (Lipinski definition) is 2. The van der Waals surface area contributed by atoms with E-state index in [1.165, 1.54) is 0 Å². The standard InChI is InChI=1S/C16H16N2O2/c1-2-16(19)20-10-12-9-14(18)7-8-15(12)11-3-5-13(17)6-4-11/h2-9H,1,10,17-18H2. The van der Waals surface area contributed by atoms with Gasteiger partial charge in [0.1, 0.15) is 6.61 Å². The first-order chi connectivity index (χ1) is 9.60. The van der Waals surface area contributed by atoms with Crippen molar-refractivity contribution in [3.63, 3.8) is 0 Å². The number of anilines is 2. The number of nitrogen functional groups attached to an aromatic ring is 2. The van der Waals surface area contributed by atoms with Crippen molar-refractivity contribution in [3.05, 3.63) is 60.7 Å². The van der Waals surface area contributed by atoms with Crippen molar-refractivity contribution >= 4 is 17.3 Å². The first kappa shape index (κ1) is 13.7. The van der Waals surface area contributed by atoms with E-state index in [0.717, 1.165) is 22.8 Å². The van der Waals surface area contributed by atoms with Gasteiger partial charge in [0.05, 0.1) is 0 Å². The van der Waals surface area contributed by atoms with Crippen LogP contribution in [0.3, 0.4) is 0 Å². The molecule has 0 atom stereocenters. The average molecular weight is 268 g/mol. The number of rotatable bonds is 4. The Hall–Kier alpha value is -2.75. The number of carbonyl (C=O) groups is 1. The van der Waals surface area contributed by atoms with Crippen molar-refractivity contribution in [2.75, 3.05) is 11.5 Å². The van der Waals surface area contributed by atoms with E-state index in [1.54, 1.807) is 6.07 Å². The Labute approximate surface area is 117 Å². The lowest BCUT2D eigenvalue weighted by Gasteiger charge is -2.11. The zero-order chi connectivity index (χ0) is 14.5. The first-order valence-corrected chi connectivity index (χ1v) is 6.13. The van der Waals surface area contributed by atoms with E-state index < -0.39 is 5.97 Å². The average Bonchev–Trinajstić information content (AvgIpc) is 2.46. The molecule has 0 amide bonds. The third-order valence-electron chi connectivity index (χ3n) is 2.89. The maximum atomic E-state index is 11.2. The first-order valence-electron chi connectivity index (χ1n) is 6.13. The molecule has 0 aliphatic carbocycles. The van der Waals surface area contributed by atoms with E-state index >= 15 is 0 Å². The number of ether oxygens (including phenoxy) is 1. The third kappa shape index (κ3) is 3.17. The van der Waals surface area contributed by atoms with Gasteiger partial charge in [-0.05, 0) is 41.0 Å². The van der Waals surface area contributed by atoms with Crippen LogP contribution in [0.25, 0.3) is 11.1 Å². The molecule has 0 saturated carbocycles. The monoisotopic (exact) mass is 268 g/mol. The van der Waals surface area contributed by atoms with Crippen LogP contribution in [0.4, 0.5) is 11.4 Å². The minimum Gasteiger partial charge on any atom is -0.458 e. The molecule has 4 N–H and O–H groups in total. The summed E-state index contributed by atoms with van der Waals surface area (Å²) in [5, 5.41) is 0. The molecular formula is C16H16N2O2. The fourth-order valence-electron chi connectivity index (χ4n) is 1.89. The maximum absolute atomic E-state index is 11.2. The van der Waals surface area contributed by atoms with Gasteiger partial charge in [-0.3, -0.25) is 0 Å². The van der Waals surface area contributed by atoms with Crippen molar-refractivity contribution < 1.29 is 9.53 Å². The quantitative estimate of drug-likeness (QED) is 0.507. The molecule has 102 valence electrons. The molecule has 0 aliphatic heterocycles. The molecular weight excluding hydrogens is 252 g/mol. The fraction of sp³-hybridized carbons (Fsp3) is 0.0625. The minimum absolute atomic E-state index is 0.148. The highest BCUT2D eigenvalue weighted by molar-refractivity contribution is 5.81. The Morgan fingerprint density at radius 2 is 1.75 bits per heavy atom. The fourth-order valence-corrected chi connectivity index (χ4v) is 1.89. The molecule has 0 radical (unpaired) electrons. The predicted molar refractivity (Wildman–Crippen MR) is 80.7 cm³/mol. The summed E-state index contributed by atoms with van der Waals surface area (Å²) >= 11 is 0. The highest BCUT2D eigenvalue weighted by Gasteiger charge is 2.08. The summed E-state index contributed by atoms with van der Waals surface area (Å²) in [5.41, 5.74) is 15.6. The number of nitrogens with two attached hydrogens (primary N) is 2. The van der Waals surface area contributed by atoms with E-state index in [9.17, 15) is 4.79 Å². The molecule has 0 saturated heterocycles. The molecule has 4 heteroatoms. The topological polar surface area (TPSA) is 78.3 Å². The van der Waals surface area contributed by atoms with Crippen LogP contribution in [0.2, 0.25) is 0 Å². The lowest BCUT2D eigenvalue weighted by molar-refractivity contribution is -0.138. The van der Waals surface area contributed by atoms with Crippen molar-refractivity contribution in [2.24, 2.45) is 0 Å². The smallest absolute Gasteiger partial charge is 0.330 e. The zero-order valence-electron chi connectivity index (χ0n) is 11.0. The van der Waals surface area contributed by atoms with Crippen molar-refractivity contribution in [3.8, 4) is 11.1 Å². The second-order valence-corrected chi connectivity index (χ2v) is 4.35. The SMILES string of the molecule is C=CC(=O)OCc1cc(N)ccc1-c1ccc(N)cc1. The Morgan fingerprint density at radius 3 is 2.40 bits per heavy atom. The van der Waals surface area contributed by atoms with Gasteiger partial charge in [-0.25, -0.2) is 4.79 Å². The molecule has 2 rings (SSSR count). The third-order valence-corrected chi connectivity index (χ3v) is 2.89. The molecule has 0 spiro atoms. The summed E-state index contributed by atoms with van der Waals surface area (Å²) in [5.74, 6) is -0.462. The second kappa shape index (κ2) is 5.93. The van der Waals surface area contributed by atoms with Gasteiger partial charge in [-0.1, -0.05) is 24.8 Å². The number of hydrogen-bond acceptors (Lipinski definition) is 4. The summed E-state index contributed by atoms with van der Waals surface area (Å²) in [4.78, 5) is 11.2. The van der Waals surface area contributed by atoms with Gasteiger partial charge in [0.25, 0.3) is 0 Å². The Balaban J connectivity index is 2.34.